The molecule has 4 nitrogen and oxygen atoms in total. The second kappa shape index (κ2) is 10.5. The van der Waals surface area contributed by atoms with Gasteiger partial charge in [-0.3, -0.25) is 9.59 Å². The summed E-state index contributed by atoms with van der Waals surface area (Å²) in [6, 6.07) is 16.4. The standard InChI is InChI=1S/C17H19ClN2O2.C6H5Cl/c18-12-6-3-7-13(10-12)19-17(22)14-8-9-15(21)20-16(14)11-4-1-2-5-11;7-6-4-2-1-3-5-6/h3-4,6-7,10,14,16H,1-2,5,8-9H2,(H,19,22)(H,20,21);1-5H/t14?,16-;/m1./s1. The lowest BCUT2D eigenvalue weighted by atomic mass is 9.84. The van der Waals surface area contributed by atoms with Crippen molar-refractivity contribution in [1.82, 2.24) is 5.32 Å². The summed E-state index contributed by atoms with van der Waals surface area (Å²) < 4.78 is 0. The Morgan fingerprint density at radius 3 is 2.38 bits per heavy atom. The number of piperidine rings is 1. The van der Waals surface area contributed by atoms with Crippen molar-refractivity contribution in [3.8, 4) is 0 Å². The van der Waals surface area contributed by atoms with Crippen molar-refractivity contribution < 1.29 is 9.59 Å². The molecule has 2 aromatic carbocycles. The van der Waals surface area contributed by atoms with Crippen LogP contribution in [0.25, 0.3) is 0 Å². The van der Waals surface area contributed by atoms with Gasteiger partial charge in [0.05, 0.1) is 12.0 Å². The highest BCUT2D eigenvalue weighted by molar-refractivity contribution is 6.31. The number of benzene rings is 2. The molecule has 2 N–H and O–H groups in total. The Hall–Kier alpha value is -2.30. The van der Waals surface area contributed by atoms with Crippen LogP contribution in [-0.4, -0.2) is 17.9 Å². The SMILES string of the molecule is Clc1ccccc1.O=C1CCC(C(=O)Nc2cccc(Cl)c2)[C@@H](C2=CCCC2)N1. The maximum absolute atomic E-state index is 12.6. The summed E-state index contributed by atoms with van der Waals surface area (Å²) in [4.78, 5) is 24.3. The van der Waals surface area contributed by atoms with E-state index in [1.54, 1.807) is 18.2 Å². The van der Waals surface area contributed by atoms with E-state index in [1.165, 1.54) is 5.57 Å². The van der Waals surface area contributed by atoms with Gasteiger partial charge < -0.3 is 10.6 Å². The van der Waals surface area contributed by atoms with Crippen molar-refractivity contribution in [3.05, 3.63) is 76.3 Å². The summed E-state index contributed by atoms with van der Waals surface area (Å²) in [7, 11) is 0. The van der Waals surface area contributed by atoms with Crippen LogP contribution >= 0.6 is 23.2 Å². The third-order valence-electron chi connectivity index (χ3n) is 5.04. The van der Waals surface area contributed by atoms with Gasteiger partial charge >= 0.3 is 0 Å². The molecule has 1 saturated heterocycles. The molecule has 2 amide bonds. The van der Waals surface area contributed by atoms with Crippen molar-refractivity contribution in [2.24, 2.45) is 5.92 Å². The first-order chi connectivity index (χ1) is 14.0. The average molecular weight is 431 g/mol. The number of carbonyl (C=O) groups excluding carboxylic acids is 2. The van der Waals surface area contributed by atoms with Crippen LogP contribution < -0.4 is 10.6 Å². The second-order valence-electron chi connectivity index (χ2n) is 7.16. The smallest absolute Gasteiger partial charge is 0.229 e. The monoisotopic (exact) mass is 430 g/mol. The van der Waals surface area contributed by atoms with E-state index in [4.69, 9.17) is 23.2 Å². The molecule has 2 atom stereocenters. The van der Waals surface area contributed by atoms with E-state index in [2.05, 4.69) is 16.7 Å². The van der Waals surface area contributed by atoms with Gasteiger partial charge in [0.1, 0.15) is 0 Å². The zero-order valence-corrected chi connectivity index (χ0v) is 17.5. The predicted octanol–water partition coefficient (Wildman–Crippen LogP) is 5.62. The third kappa shape index (κ3) is 6.34. The number of hydrogen-bond acceptors (Lipinski definition) is 2. The summed E-state index contributed by atoms with van der Waals surface area (Å²) in [6.07, 6.45) is 6.24. The topological polar surface area (TPSA) is 58.2 Å². The summed E-state index contributed by atoms with van der Waals surface area (Å²) in [5.41, 5.74) is 1.88. The first-order valence-electron chi connectivity index (χ1n) is 9.78. The Kier molecular flexibility index (Phi) is 7.73. The van der Waals surface area contributed by atoms with Gasteiger partial charge in [0.25, 0.3) is 0 Å². The fourth-order valence-corrected chi connectivity index (χ4v) is 3.96. The third-order valence-corrected chi connectivity index (χ3v) is 5.53. The van der Waals surface area contributed by atoms with Crippen LogP contribution in [0.4, 0.5) is 5.69 Å². The zero-order chi connectivity index (χ0) is 20.6. The summed E-state index contributed by atoms with van der Waals surface area (Å²) in [6.45, 7) is 0. The van der Waals surface area contributed by atoms with Crippen LogP contribution in [0.2, 0.25) is 10.0 Å². The summed E-state index contributed by atoms with van der Waals surface area (Å²) in [5, 5.41) is 7.29. The molecular weight excluding hydrogens is 407 g/mol. The summed E-state index contributed by atoms with van der Waals surface area (Å²) >= 11 is 11.5. The fourth-order valence-electron chi connectivity index (χ4n) is 3.63. The highest BCUT2D eigenvalue weighted by atomic mass is 35.5. The predicted molar refractivity (Wildman–Crippen MR) is 118 cm³/mol. The van der Waals surface area contributed by atoms with E-state index >= 15 is 0 Å². The van der Waals surface area contributed by atoms with Crippen molar-refractivity contribution >= 4 is 40.7 Å². The number of hydrogen-bond donors (Lipinski definition) is 2. The highest BCUT2D eigenvalue weighted by Crippen LogP contribution is 2.30. The van der Waals surface area contributed by atoms with Crippen molar-refractivity contribution in [3.63, 3.8) is 0 Å². The molecule has 1 unspecified atom stereocenters. The Bertz CT molecular complexity index is 883. The molecule has 0 saturated carbocycles. The van der Waals surface area contributed by atoms with Gasteiger partial charge in [0.2, 0.25) is 11.8 Å². The van der Waals surface area contributed by atoms with E-state index in [0.717, 1.165) is 24.3 Å². The molecule has 2 aliphatic rings. The van der Waals surface area contributed by atoms with Gasteiger partial charge in [-0.25, -0.2) is 0 Å². The highest BCUT2D eigenvalue weighted by Gasteiger charge is 2.36. The van der Waals surface area contributed by atoms with E-state index in [1.807, 2.05) is 36.4 Å². The Morgan fingerprint density at radius 2 is 1.76 bits per heavy atom. The van der Waals surface area contributed by atoms with Crippen LogP contribution in [0.15, 0.2) is 66.2 Å². The lowest BCUT2D eigenvalue weighted by Crippen LogP contribution is -2.50. The molecule has 0 aromatic heterocycles. The maximum Gasteiger partial charge on any atom is 0.229 e. The second-order valence-corrected chi connectivity index (χ2v) is 8.03. The van der Waals surface area contributed by atoms with Gasteiger partial charge in [-0.2, -0.15) is 0 Å². The van der Waals surface area contributed by atoms with Gasteiger partial charge in [-0.1, -0.05) is 59.1 Å². The molecule has 1 aliphatic carbocycles. The molecule has 0 spiro atoms. The van der Waals surface area contributed by atoms with Crippen LogP contribution in [0.1, 0.15) is 32.1 Å². The quantitative estimate of drug-likeness (QED) is 0.620. The Morgan fingerprint density at radius 1 is 1.00 bits per heavy atom. The van der Waals surface area contributed by atoms with Gasteiger partial charge in [0, 0.05) is 22.2 Å². The largest absolute Gasteiger partial charge is 0.349 e. The molecule has 2 aromatic rings. The van der Waals surface area contributed by atoms with Gasteiger partial charge in [-0.15, -0.1) is 0 Å². The average Bonchev–Trinajstić information content (AvgIpc) is 3.24. The van der Waals surface area contributed by atoms with Crippen LogP contribution in [0, 0.1) is 5.92 Å². The fraction of sp³-hybridized carbons (Fsp3) is 0.304. The molecule has 0 radical (unpaired) electrons. The number of anilines is 1. The number of allylic oxidation sites excluding steroid dienone is 1. The van der Waals surface area contributed by atoms with Crippen molar-refractivity contribution in [1.29, 1.82) is 0 Å². The maximum atomic E-state index is 12.6. The number of nitrogens with one attached hydrogen (secondary N) is 2. The van der Waals surface area contributed by atoms with E-state index in [9.17, 15) is 9.59 Å². The minimum Gasteiger partial charge on any atom is -0.349 e. The molecule has 1 fully saturated rings. The zero-order valence-electron chi connectivity index (χ0n) is 16.0. The molecular formula is C23H24Cl2N2O2. The summed E-state index contributed by atoms with van der Waals surface area (Å²) in [5.74, 6) is -0.245. The number of rotatable bonds is 3. The van der Waals surface area contributed by atoms with Crippen LogP contribution in [0.5, 0.6) is 0 Å². The molecule has 6 heteroatoms. The molecule has 0 bridgehead atoms. The lowest BCUT2D eigenvalue weighted by Gasteiger charge is -2.32. The Balaban J connectivity index is 0.000000290. The lowest BCUT2D eigenvalue weighted by molar-refractivity contribution is -0.127. The minimum absolute atomic E-state index is 0.0320. The van der Waals surface area contributed by atoms with Crippen LogP contribution in [-0.2, 0) is 9.59 Å². The number of amides is 2. The molecule has 1 aliphatic heterocycles. The van der Waals surface area contributed by atoms with E-state index in [0.29, 0.717) is 23.6 Å². The van der Waals surface area contributed by atoms with Crippen LogP contribution in [0.3, 0.4) is 0 Å². The van der Waals surface area contributed by atoms with E-state index in [-0.39, 0.29) is 23.8 Å². The van der Waals surface area contributed by atoms with E-state index < -0.39 is 0 Å². The molecule has 1 heterocycles. The minimum atomic E-state index is -0.221. The first kappa shape index (κ1) is 21.4. The molecule has 29 heavy (non-hydrogen) atoms. The van der Waals surface area contributed by atoms with Crippen molar-refractivity contribution in [2.75, 3.05) is 5.32 Å². The Labute approximate surface area is 181 Å². The normalized spacial score (nSPS) is 20.8. The van der Waals surface area contributed by atoms with Crippen molar-refractivity contribution in [2.45, 2.75) is 38.1 Å². The van der Waals surface area contributed by atoms with Gasteiger partial charge in [-0.05, 0) is 56.0 Å². The number of halogens is 2. The molecule has 152 valence electrons. The van der Waals surface area contributed by atoms with Gasteiger partial charge in [0.15, 0.2) is 0 Å². The first-order valence-corrected chi connectivity index (χ1v) is 10.5. The number of carbonyl (C=O) groups is 2. The molecule has 4 rings (SSSR count).